The van der Waals surface area contributed by atoms with Crippen molar-refractivity contribution in [3.05, 3.63) is 30.1 Å². The highest BCUT2D eigenvalue weighted by Gasteiger charge is 2.11. The molecule has 0 bridgehead atoms. The van der Waals surface area contributed by atoms with Crippen molar-refractivity contribution in [2.24, 2.45) is 5.92 Å². The van der Waals surface area contributed by atoms with Gasteiger partial charge in [-0.3, -0.25) is 9.88 Å². The van der Waals surface area contributed by atoms with Crippen LogP contribution in [-0.4, -0.2) is 47.3 Å². The fourth-order valence-corrected chi connectivity index (χ4v) is 1.93. The Hall–Kier alpha value is -0.970. The van der Waals surface area contributed by atoms with Crippen LogP contribution in [0.2, 0.25) is 0 Å². The first-order chi connectivity index (χ1) is 9.11. The molecule has 1 unspecified atom stereocenters. The summed E-state index contributed by atoms with van der Waals surface area (Å²) in [6.45, 7) is 10.4. The highest BCUT2D eigenvalue weighted by Crippen LogP contribution is 2.02. The molecule has 2 N–H and O–H groups in total. The van der Waals surface area contributed by atoms with Crippen LogP contribution in [0, 0.1) is 5.92 Å². The first-order valence-electron chi connectivity index (χ1n) is 7.12. The monoisotopic (exact) mass is 265 g/mol. The molecule has 4 heteroatoms. The third-order valence-corrected chi connectivity index (χ3v) is 2.96. The number of pyridine rings is 1. The third-order valence-electron chi connectivity index (χ3n) is 2.96. The van der Waals surface area contributed by atoms with Crippen LogP contribution in [-0.2, 0) is 6.54 Å². The number of likely N-dealkylation sites (N-methyl/N-ethyl adjacent to an activating group) is 1. The second-order valence-electron chi connectivity index (χ2n) is 5.35. The summed E-state index contributed by atoms with van der Waals surface area (Å²) in [5.41, 5.74) is 1.05. The molecule has 108 valence electrons. The van der Waals surface area contributed by atoms with Gasteiger partial charge >= 0.3 is 0 Å². The zero-order chi connectivity index (χ0) is 14.1. The molecule has 1 rings (SSSR count). The molecule has 0 aliphatic carbocycles. The van der Waals surface area contributed by atoms with Crippen LogP contribution in [0.3, 0.4) is 0 Å². The lowest BCUT2D eigenvalue weighted by atomic mass is 10.2. The summed E-state index contributed by atoms with van der Waals surface area (Å²) in [6.07, 6.45) is 1.48. The molecule has 4 nitrogen and oxygen atoms in total. The molecule has 0 aromatic carbocycles. The van der Waals surface area contributed by atoms with Crippen LogP contribution in [0.4, 0.5) is 0 Å². The second-order valence-corrected chi connectivity index (χ2v) is 5.35. The van der Waals surface area contributed by atoms with Gasteiger partial charge in [0.05, 0.1) is 11.8 Å². The van der Waals surface area contributed by atoms with Gasteiger partial charge < -0.3 is 10.4 Å². The number of rotatable bonds is 9. The Bertz CT molecular complexity index is 329. The summed E-state index contributed by atoms with van der Waals surface area (Å²) >= 11 is 0. The lowest BCUT2D eigenvalue weighted by Gasteiger charge is -2.23. The van der Waals surface area contributed by atoms with Crippen LogP contribution in [0.15, 0.2) is 24.4 Å². The van der Waals surface area contributed by atoms with Crippen molar-refractivity contribution in [3.63, 3.8) is 0 Å². The average molecular weight is 265 g/mol. The zero-order valence-electron chi connectivity index (χ0n) is 12.3. The van der Waals surface area contributed by atoms with Crippen molar-refractivity contribution >= 4 is 0 Å². The summed E-state index contributed by atoms with van der Waals surface area (Å²) in [7, 11) is 0. The topological polar surface area (TPSA) is 48.4 Å². The number of nitrogens with one attached hydrogen (secondary N) is 1. The van der Waals surface area contributed by atoms with E-state index in [2.05, 4.69) is 36.0 Å². The van der Waals surface area contributed by atoms with Crippen LogP contribution < -0.4 is 5.32 Å². The predicted molar refractivity (Wildman–Crippen MR) is 78.9 cm³/mol. The Balaban J connectivity index is 2.31. The van der Waals surface area contributed by atoms with Gasteiger partial charge in [0.1, 0.15) is 0 Å². The molecule has 0 fully saturated rings. The Morgan fingerprint density at radius 1 is 1.32 bits per heavy atom. The van der Waals surface area contributed by atoms with Crippen molar-refractivity contribution in [3.8, 4) is 0 Å². The van der Waals surface area contributed by atoms with Crippen LogP contribution in [0.5, 0.6) is 0 Å². The lowest BCUT2D eigenvalue weighted by molar-refractivity contribution is 0.109. The minimum absolute atomic E-state index is 0.331. The molecule has 0 aliphatic heterocycles. The molecule has 19 heavy (non-hydrogen) atoms. The smallest absolute Gasteiger partial charge is 0.0791 e. The molecule has 0 saturated heterocycles. The predicted octanol–water partition coefficient (Wildman–Crippen LogP) is 1.51. The molecule has 1 atom stereocenters. The minimum atomic E-state index is -0.331. The first kappa shape index (κ1) is 16.1. The highest BCUT2D eigenvalue weighted by atomic mass is 16.3. The summed E-state index contributed by atoms with van der Waals surface area (Å²) in [4.78, 5) is 6.53. The molecule has 0 aliphatic rings. The Morgan fingerprint density at radius 3 is 2.68 bits per heavy atom. The summed E-state index contributed by atoms with van der Waals surface area (Å²) in [6, 6.07) is 5.94. The van der Waals surface area contributed by atoms with E-state index in [1.807, 2.05) is 24.4 Å². The number of aromatic nitrogens is 1. The normalized spacial score (nSPS) is 13.2. The molecular weight excluding hydrogens is 238 g/mol. The van der Waals surface area contributed by atoms with E-state index in [1.54, 1.807) is 0 Å². The summed E-state index contributed by atoms with van der Waals surface area (Å²) in [5.74, 6) is 0.614. The van der Waals surface area contributed by atoms with Crippen molar-refractivity contribution in [2.45, 2.75) is 33.4 Å². The molecular formula is C15H27N3O. The molecule has 0 saturated carbocycles. The van der Waals surface area contributed by atoms with E-state index in [4.69, 9.17) is 0 Å². The largest absolute Gasteiger partial charge is 0.390 e. The van der Waals surface area contributed by atoms with E-state index in [0.717, 1.165) is 25.3 Å². The SMILES string of the molecule is CCN(Cc1ccccn1)CC(O)CNCC(C)C. The van der Waals surface area contributed by atoms with Gasteiger partial charge in [0.2, 0.25) is 0 Å². The van der Waals surface area contributed by atoms with Crippen molar-refractivity contribution in [2.75, 3.05) is 26.2 Å². The van der Waals surface area contributed by atoms with Crippen molar-refractivity contribution < 1.29 is 5.11 Å². The number of aliphatic hydroxyl groups excluding tert-OH is 1. The maximum absolute atomic E-state index is 10.0. The molecule has 0 radical (unpaired) electrons. The van der Waals surface area contributed by atoms with E-state index in [-0.39, 0.29) is 6.10 Å². The Labute approximate surface area is 116 Å². The fraction of sp³-hybridized carbons (Fsp3) is 0.667. The van der Waals surface area contributed by atoms with Crippen LogP contribution in [0.1, 0.15) is 26.5 Å². The van der Waals surface area contributed by atoms with Crippen LogP contribution in [0.25, 0.3) is 0 Å². The van der Waals surface area contributed by atoms with Gasteiger partial charge in [0.15, 0.2) is 0 Å². The van der Waals surface area contributed by atoms with E-state index >= 15 is 0 Å². The third kappa shape index (κ3) is 7.25. The van der Waals surface area contributed by atoms with Gasteiger partial charge in [0, 0.05) is 25.8 Å². The van der Waals surface area contributed by atoms with Gasteiger partial charge in [-0.05, 0) is 31.1 Å². The highest BCUT2D eigenvalue weighted by molar-refractivity contribution is 5.03. The summed E-state index contributed by atoms with van der Waals surface area (Å²) in [5, 5.41) is 13.3. The number of nitrogens with zero attached hydrogens (tertiary/aromatic N) is 2. The molecule has 0 spiro atoms. The molecule has 0 amide bonds. The number of hydrogen-bond donors (Lipinski definition) is 2. The minimum Gasteiger partial charge on any atom is -0.390 e. The van der Waals surface area contributed by atoms with Crippen molar-refractivity contribution in [1.29, 1.82) is 0 Å². The Kier molecular flexibility index (Phi) is 7.63. The Morgan fingerprint density at radius 2 is 2.11 bits per heavy atom. The van der Waals surface area contributed by atoms with E-state index in [0.29, 0.717) is 19.0 Å². The maximum atomic E-state index is 10.0. The standard InChI is InChI=1S/C15H27N3O/c1-4-18(11-14-7-5-6-8-17-14)12-15(19)10-16-9-13(2)3/h5-8,13,15-16,19H,4,9-12H2,1-3H3. The van der Waals surface area contributed by atoms with Gasteiger partial charge in [-0.1, -0.05) is 26.8 Å². The first-order valence-corrected chi connectivity index (χ1v) is 7.12. The molecule has 1 aromatic heterocycles. The molecule has 1 aromatic rings. The van der Waals surface area contributed by atoms with Gasteiger partial charge in [-0.2, -0.15) is 0 Å². The lowest BCUT2D eigenvalue weighted by Crippen LogP contribution is -2.39. The van der Waals surface area contributed by atoms with E-state index < -0.39 is 0 Å². The quantitative estimate of drug-likeness (QED) is 0.710. The number of hydrogen-bond acceptors (Lipinski definition) is 4. The fourth-order valence-electron chi connectivity index (χ4n) is 1.93. The second kappa shape index (κ2) is 9.02. The number of aliphatic hydroxyl groups is 1. The van der Waals surface area contributed by atoms with Gasteiger partial charge in [-0.15, -0.1) is 0 Å². The summed E-state index contributed by atoms with van der Waals surface area (Å²) < 4.78 is 0. The van der Waals surface area contributed by atoms with Gasteiger partial charge in [0.25, 0.3) is 0 Å². The van der Waals surface area contributed by atoms with Crippen molar-refractivity contribution in [1.82, 2.24) is 15.2 Å². The maximum Gasteiger partial charge on any atom is 0.0791 e. The average Bonchev–Trinajstić information content (AvgIpc) is 2.38. The van der Waals surface area contributed by atoms with E-state index in [1.165, 1.54) is 0 Å². The van der Waals surface area contributed by atoms with E-state index in [9.17, 15) is 5.11 Å². The van der Waals surface area contributed by atoms with Crippen LogP contribution >= 0.6 is 0 Å². The van der Waals surface area contributed by atoms with Gasteiger partial charge in [-0.25, -0.2) is 0 Å². The molecule has 1 heterocycles. The zero-order valence-corrected chi connectivity index (χ0v) is 12.3.